The number of thioether (sulfide) groups is 1. The van der Waals surface area contributed by atoms with Crippen LogP contribution in [-0.4, -0.2) is 23.6 Å². The molecule has 0 bridgehead atoms. The molecule has 0 radical (unpaired) electrons. The largest absolute Gasteiger partial charge is 0.497 e. The first-order chi connectivity index (χ1) is 17.3. The van der Waals surface area contributed by atoms with E-state index in [2.05, 4.69) is 42.9 Å². The van der Waals surface area contributed by atoms with E-state index in [0.717, 1.165) is 16.2 Å². The number of fused-ring (bicyclic) bond motifs is 1. The third-order valence-electron chi connectivity index (χ3n) is 5.19. The number of nitrogens with zero attached hydrogens (tertiary/aromatic N) is 3. The first-order valence-corrected chi connectivity index (χ1v) is 12.7. The first-order valence-electron chi connectivity index (χ1n) is 10.1. The molecule has 2 aromatic heterocycles. The summed E-state index contributed by atoms with van der Waals surface area (Å²) in [4.78, 5) is 29.7. The molecule has 0 fully saturated rings. The van der Waals surface area contributed by atoms with Crippen molar-refractivity contribution in [1.29, 1.82) is 10.5 Å². The number of nitriles is 2. The van der Waals surface area contributed by atoms with Crippen LogP contribution in [0.2, 0.25) is 0 Å². The summed E-state index contributed by atoms with van der Waals surface area (Å²) in [5.41, 5.74) is 6.49. The number of hydrogen-bond acceptors (Lipinski definition) is 9. The highest BCUT2D eigenvalue weighted by molar-refractivity contribution is 9.11. The van der Waals surface area contributed by atoms with Crippen molar-refractivity contribution in [3.05, 3.63) is 78.5 Å². The number of carbonyl (C=O) groups is 1. The third kappa shape index (κ3) is 4.86. The van der Waals surface area contributed by atoms with E-state index in [4.69, 9.17) is 14.9 Å². The van der Waals surface area contributed by atoms with E-state index in [1.54, 1.807) is 36.4 Å². The van der Waals surface area contributed by atoms with E-state index < -0.39 is 11.4 Å². The van der Waals surface area contributed by atoms with Crippen molar-refractivity contribution < 1.29 is 13.9 Å². The molecular formula is C25H14Br2N4O4S. The molecular weight excluding hydrogens is 612 g/mol. The van der Waals surface area contributed by atoms with Gasteiger partial charge < -0.3 is 14.9 Å². The van der Waals surface area contributed by atoms with Crippen molar-refractivity contribution in [2.75, 3.05) is 18.6 Å². The maximum atomic E-state index is 13.0. The Hall–Kier alpha value is -3.64. The number of hydrogen-bond donors (Lipinski definition) is 1. The summed E-state index contributed by atoms with van der Waals surface area (Å²) in [6.07, 6.45) is 0. The summed E-state index contributed by atoms with van der Waals surface area (Å²) in [6, 6.07) is 15.8. The molecule has 0 aliphatic heterocycles. The zero-order valence-electron chi connectivity index (χ0n) is 18.5. The van der Waals surface area contributed by atoms with E-state index in [0.29, 0.717) is 32.3 Å². The summed E-state index contributed by atoms with van der Waals surface area (Å²) in [7, 11) is 1.53. The molecule has 0 amide bonds. The average molecular weight is 626 g/mol. The summed E-state index contributed by atoms with van der Waals surface area (Å²) in [5.74, 6) is -0.185. The number of halogens is 2. The Labute approximate surface area is 225 Å². The van der Waals surface area contributed by atoms with Crippen molar-refractivity contribution in [2.24, 2.45) is 0 Å². The van der Waals surface area contributed by atoms with Crippen LogP contribution in [0, 0.1) is 22.7 Å². The summed E-state index contributed by atoms with van der Waals surface area (Å²) in [6.45, 7) is 0. The van der Waals surface area contributed by atoms with Gasteiger partial charge in [-0.3, -0.25) is 4.79 Å². The van der Waals surface area contributed by atoms with E-state index in [1.165, 1.54) is 13.2 Å². The van der Waals surface area contributed by atoms with Crippen molar-refractivity contribution in [3.8, 4) is 29.0 Å². The number of pyridine rings is 1. The van der Waals surface area contributed by atoms with Crippen molar-refractivity contribution in [3.63, 3.8) is 0 Å². The fourth-order valence-electron chi connectivity index (χ4n) is 3.51. The van der Waals surface area contributed by atoms with Gasteiger partial charge in [-0.2, -0.15) is 10.5 Å². The molecule has 2 heterocycles. The number of nitrogens with two attached hydrogens (primary N) is 1. The lowest BCUT2D eigenvalue weighted by atomic mass is 9.97. The van der Waals surface area contributed by atoms with Gasteiger partial charge in [-0.1, -0.05) is 39.8 Å². The van der Waals surface area contributed by atoms with Crippen LogP contribution >= 0.6 is 43.6 Å². The standard InChI is InChI=1S/C25H14Br2N4O4S/c1-34-15-4-2-12(3-5-15)21-17(9-28)23(30)31-24(18(21)10-29)36-11-20(32)16-7-13-6-14(26)8-19(27)22(13)35-25(16)33/h2-8H,11H2,1H3,(H2,30,31). The van der Waals surface area contributed by atoms with Gasteiger partial charge in [-0.25, -0.2) is 9.78 Å². The molecule has 0 aliphatic carbocycles. The van der Waals surface area contributed by atoms with Crippen LogP contribution in [0.3, 0.4) is 0 Å². The number of aromatic nitrogens is 1. The maximum Gasteiger partial charge on any atom is 0.347 e. The lowest BCUT2D eigenvalue weighted by Crippen LogP contribution is -2.16. The monoisotopic (exact) mass is 624 g/mol. The molecule has 0 unspecified atom stereocenters. The minimum Gasteiger partial charge on any atom is -0.497 e. The molecule has 0 saturated heterocycles. The lowest BCUT2D eigenvalue weighted by Gasteiger charge is -2.13. The van der Waals surface area contributed by atoms with Gasteiger partial charge >= 0.3 is 5.63 Å². The number of carbonyl (C=O) groups excluding carboxylic acids is 1. The number of ether oxygens (including phenoxy) is 1. The Kier molecular flexibility index (Phi) is 7.45. The fraction of sp³-hybridized carbons (Fsp3) is 0.0800. The smallest absolute Gasteiger partial charge is 0.347 e. The molecule has 36 heavy (non-hydrogen) atoms. The van der Waals surface area contributed by atoms with Gasteiger partial charge in [0.25, 0.3) is 0 Å². The van der Waals surface area contributed by atoms with Crippen LogP contribution in [0.15, 0.2) is 65.6 Å². The Morgan fingerprint density at radius 3 is 2.47 bits per heavy atom. The van der Waals surface area contributed by atoms with Crippen LogP contribution in [0.4, 0.5) is 5.82 Å². The number of methoxy groups -OCH3 is 1. The van der Waals surface area contributed by atoms with Gasteiger partial charge in [0.05, 0.1) is 22.9 Å². The predicted octanol–water partition coefficient (Wildman–Crippen LogP) is 5.69. The fourth-order valence-corrected chi connectivity index (χ4v) is 5.73. The van der Waals surface area contributed by atoms with Crippen molar-refractivity contribution in [1.82, 2.24) is 4.98 Å². The van der Waals surface area contributed by atoms with Gasteiger partial charge in [0.1, 0.15) is 39.9 Å². The van der Waals surface area contributed by atoms with Crippen LogP contribution in [0.1, 0.15) is 21.5 Å². The topological polar surface area (TPSA) is 143 Å². The second kappa shape index (κ2) is 10.5. The van der Waals surface area contributed by atoms with Crippen LogP contribution in [-0.2, 0) is 0 Å². The Morgan fingerprint density at radius 2 is 1.83 bits per heavy atom. The molecule has 8 nitrogen and oxygen atoms in total. The highest BCUT2D eigenvalue weighted by atomic mass is 79.9. The second-order valence-corrected chi connectivity index (χ2v) is 10.1. The second-order valence-electron chi connectivity index (χ2n) is 7.34. The Bertz CT molecular complexity index is 1670. The molecule has 11 heteroatoms. The van der Waals surface area contributed by atoms with Crippen LogP contribution in [0.25, 0.3) is 22.1 Å². The van der Waals surface area contributed by atoms with E-state index >= 15 is 0 Å². The van der Waals surface area contributed by atoms with E-state index in [9.17, 15) is 20.1 Å². The number of anilines is 1. The van der Waals surface area contributed by atoms with Crippen LogP contribution < -0.4 is 16.1 Å². The van der Waals surface area contributed by atoms with Crippen molar-refractivity contribution in [2.45, 2.75) is 5.03 Å². The molecule has 4 aromatic rings. The SMILES string of the molecule is COc1ccc(-c2c(C#N)c(N)nc(SCC(=O)c3cc4cc(Br)cc(Br)c4oc3=O)c2C#N)cc1. The minimum atomic E-state index is -0.775. The van der Waals surface area contributed by atoms with E-state index in [1.807, 2.05) is 6.07 Å². The number of benzene rings is 2. The number of Topliss-reactive ketones (excluding diaryl/α,β-unsaturated/α-hetero) is 1. The van der Waals surface area contributed by atoms with Gasteiger partial charge in [0.15, 0.2) is 11.4 Å². The first kappa shape index (κ1) is 25.5. The quantitative estimate of drug-likeness (QED) is 0.162. The summed E-state index contributed by atoms with van der Waals surface area (Å²) in [5, 5.41) is 20.3. The minimum absolute atomic E-state index is 0.0544. The number of rotatable bonds is 6. The zero-order valence-corrected chi connectivity index (χ0v) is 22.5. The number of ketones is 1. The summed E-state index contributed by atoms with van der Waals surface area (Å²) < 4.78 is 11.8. The molecule has 2 N–H and O–H groups in total. The Morgan fingerprint density at radius 1 is 1.14 bits per heavy atom. The third-order valence-corrected chi connectivity index (χ3v) is 7.21. The molecule has 4 rings (SSSR count). The maximum absolute atomic E-state index is 13.0. The van der Waals surface area contributed by atoms with Gasteiger partial charge in [-0.15, -0.1) is 0 Å². The summed E-state index contributed by atoms with van der Waals surface area (Å²) >= 11 is 7.66. The average Bonchev–Trinajstić information content (AvgIpc) is 2.87. The lowest BCUT2D eigenvalue weighted by molar-refractivity contribution is 0.101. The van der Waals surface area contributed by atoms with E-state index in [-0.39, 0.29) is 33.3 Å². The normalized spacial score (nSPS) is 10.6. The molecule has 0 atom stereocenters. The van der Waals surface area contributed by atoms with Crippen LogP contribution in [0.5, 0.6) is 5.75 Å². The highest BCUT2D eigenvalue weighted by Crippen LogP contribution is 2.36. The predicted molar refractivity (Wildman–Crippen MR) is 143 cm³/mol. The van der Waals surface area contributed by atoms with Gasteiger partial charge in [-0.05, 0) is 51.8 Å². The van der Waals surface area contributed by atoms with Gasteiger partial charge in [0, 0.05) is 15.4 Å². The molecule has 178 valence electrons. The molecule has 0 saturated carbocycles. The highest BCUT2D eigenvalue weighted by Gasteiger charge is 2.22. The molecule has 2 aromatic carbocycles. The Balaban J connectivity index is 1.72. The van der Waals surface area contributed by atoms with Crippen molar-refractivity contribution >= 4 is 66.2 Å². The number of nitrogen functional groups attached to an aromatic ring is 1. The zero-order chi connectivity index (χ0) is 26.0. The molecule has 0 aliphatic rings. The van der Waals surface area contributed by atoms with Gasteiger partial charge in [0.2, 0.25) is 0 Å². The molecule has 0 spiro atoms.